The number of amides is 1. The highest BCUT2D eigenvalue weighted by atomic mass is 35.5. The molecule has 1 atom stereocenters. The highest BCUT2D eigenvalue weighted by molar-refractivity contribution is 5.85. The molecule has 0 spiro atoms. The smallest absolute Gasteiger partial charge is 0.236 e. The van der Waals surface area contributed by atoms with E-state index in [1.807, 2.05) is 13.8 Å². The molecule has 5 heteroatoms. The van der Waals surface area contributed by atoms with Gasteiger partial charge in [-0.2, -0.15) is 0 Å². The molecule has 1 amide bonds. The van der Waals surface area contributed by atoms with E-state index in [1.54, 1.807) is 18.2 Å². The average molecular weight is 289 g/mol. The maximum atomic E-state index is 13.3. The van der Waals surface area contributed by atoms with E-state index >= 15 is 0 Å². The molecule has 1 aromatic carbocycles. The maximum Gasteiger partial charge on any atom is 0.236 e. The molecule has 3 N–H and O–H groups in total. The lowest BCUT2D eigenvalue weighted by atomic mass is 10.0. The Balaban J connectivity index is 0.00000324. The average Bonchev–Trinajstić information content (AvgIpc) is 2.30. The Hall–Kier alpha value is -1.13. The van der Waals surface area contributed by atoms with Crippen LogP contribution >= 0.6 is 12.4 Å². The number of hydrogen-bond donors (Lipinski definition) is 2. The molecule has 0 aliphatic rings. The molecule has 0 radical (unpaired) electrons. The van der Waals surface area contributed by atoms with Crippen LogP contribution in [0.1, 0.15) is 25.8 Å². The first kappa shape index (κ1) is 17.9. The van der Waals surface area contributed by atoms with Gasteiger partial charge in [0.15, 0.2) is 0 Å². The summed E-state index contributed by atoms with van der Waals surface area (Å²) in [6.45, 7) is 4.45. The zero-order valence-corrected chi connectivity index (χ0v) is 12.2. The lowest BCUT2D eigenvalue weighted by molar-refractivity contribution is -0.122. The van der Waals surface area contributed by atoms with Crippen LogP contribution in [0, 0.1) is 11.7 Å². The van der Waals surface area contributed by atoms with Crippen molar-refractivity contribution >= 4 is 18.3 Å². The first-order chi connectivity index (χ1) is 8.50. The molecule has 0 unspecified atom stereocenters. The summed E-state index contributed by atoms with van der Waals surface area (Å²) in [4.78, 5) is 11.6. The lowest BCUT2D eigenvalue weighted by Crippen LogP contribution is -2.42. The van der Waals surface area contributed by atoms with Crippen molar-refractivity contribution in [3.05, 3.63) is 35.6 Å². The summed E-state index contributed by atoms with van der Waals surface area (Å²) in [7, 11) is 0. The molecule has 0 saturated heterocycles. The Morgan fingerprint density at radius 3 is 2.58 bits per heavy atom. The predicted octanol–water partition coefficient (Wildman–Crippen LogP) is 2.28. The van der Waals surface area contributed by atoms with E-state index in [1.165, 1.54) is 6.07 Å². The minimum Gasteiger partial charge on any atom is -0.354 e. The number of nitrogens with two attached hydrogens (primary N) is 1. The van der Waals surface area contributed by atoms with Crippen LogP contribution in [0.4, 0.5) is 4.39 Å². The largest absolute Gasteiger partial charge is 0.354 e. The highest BCUT2D eigenvalue weighted by Crippen LogP contribution is 2.06. The molecular formula is C14H22ClFN2O. The molecule has 0 aromatic heterocycles. The standard InChI is InChI=1S/C14H21FN2O.ClH/c1-10(2)9-13(16)14(18)17-8-7-11-5-3-4-6-12(11)15;/h3-6,10,13H,7-9,16H2,1-2H3,(H,17,18);1H/t13-;/m0./s1. The van der Waals surface area contributed by atoms with Gasteiger partial charge in [0.2, 0.25) is 5.91 Å². The van der Waals surface area contributed by atoms with Crippen molar-refractivity contribution in [3.8, 4) is 0 Å². The SMILES string of the molecule is CC(C)C[C@H](N)C(=O)NCCc1ccccc1F.Cl. The molecule has 0 saturated carbocycles. The van der Waals surface area contributed by atoms with Crippen molar-refractivity contribution in [3.63, 3.8) is 0 Å². The van der Waals surface area contributed by atoms with Gasteiger partial charge in [0.1, 0.15) is 5.82 Å². The molecule has 1 aromatic rings. The number of hydrogen-bond acceptors (Lipinski definition) is 2. The Morgan fingerprint density at radius 2 is 2.00 bits per heavy atom. The van der Waals surface area contributed by atoms with E-state index in [9.17, 15) is 9.18 Å². The second kappa shape index (κ2) is 8.88. The van der Waals surface area contributed by atoms with Gasteiger partial charge in [0.25, 0.3) is 0 Å². The van der Waals surface area contributed by atoms with Crippen LogP contribution in [-0.2, 0) is 11.2 Å². The zero-order chi connectivity index (χ0) is 13.5. The van der Waals surface area contributed by atoms with Crippen LogP contribution in [0.15, 0.2) is 24.3 Å². The minimum atomic E-state index is -0.481. The van der Waals surface area contributed by atoms with Crippen molar-refractivity contribution in [1.29, 1.82) is 0 Å². The highest BCUT2D eigenvalue weighted by Gasteiger charge is 2.14. The van der Waals surface area contributed by atoms with E-state index in [-0.39, 0.29) is 24.1 Å². The fourth-order valence-corrected chi connectivity index (χ4v) is 1.77. The summed E-state index contributed by atoms with van der Waals surface area (Å²) in [5, 5.41) is 2.73. The number of nitrogens with one attached hydrogen (secondary N) is 1. The van der Waals surface area contributed by atoms with Crippen molar-refractivity contribution in [2.75, 3.05) is 6.54 Å². The Kier molecular flexibility index (Phi) is 8.35. The van der Waals surface area contributed by atoms with Crippen LogP contribution < -0.4 is 11.1 Å². The third-order valence-electron chi connectivity index (χ3n) is 2.71. The molecule has 19 heavy (non-hydrogen) atoms. The van der Waals surface area contributed by atoms with Crippen molar-refractivity contribution in [1.82, 2.24) is 5.32 Å². The zero-order valence-electron chi connectivity index (χ0n) is 11.4. The third-order valence-corrected chi connectivity index (χ3v) is 2.71. The summed E-state index contributed by atoms with van der Waals surface area (Å²) >= 11 is 0. The number of carbonyl (C=O) groups is 1. The second-order valence-electron chi connectivity index (χ2n) is 4.87. The van der Waals surface area contributed by atoms with Gasteiger partial charge in [-0.15, -0.1) is 12.4 Å². The van der Waals surface area contributed by atoms with Gasteiger partial charge >= 0.3 is 0 Å². The molecule has 3 nitrogen and oxygen atoms in total. The summed E-state index contributed by atoms with van der Waals surface area (Å²) in [5.41, 5.74) is 6.35. The molecule has 0 bridgehead atoms. The van der Waals surface area contributed by atoms with Crippen molar-refractivity contribution in [2.24, 2.45) is 11.7 Å². The van der Waals surface area contributed by atoms with Gasteiger partial charge in [-0.3, -0.25) is 4.79 Å². The summed E-state index contributed by atoms with van der Waals surface area (Å²) < 4.78 is 13.3. The van der Waals surface area contributed by atoms with Gasteiger partial charge in [0, 0.05) is 6.54 Å². The van der Waals surface area contributed by atoms with Crippen molar-refractivity contribution < 1.29 is 9.18 Å². The van der Waals surface area contributed by atoms with E-state index < -0.39 is 6.04 Å². The summed E-state index contributed by atoms with van der Waals surface area (Å²) in [6, 6.07) is 6.09. The van der Waals surface area contributed by atoms with Gasteiger partial charge in [-0.05, 0) is 30.4 Å². The first-order valence-electron chi connectivity index (χ1n) is 6.27. The molecular weight excluding hydrogens is 267 g/mol. The normalized spacial score (nSPS) is 11.8. The fraction of sp³-hybridized carbons (Fsp3) is 0.500. The number of rotatable bonds is 6. The van der Waals surface area contributed by atoms with Gasteiger partial charge in [0.05, 0.1) is 6.04 Å². The third kappa shape index (κ3) is 6.55. The topological polar surface area (TPSA) is 55.1 Å². The van der Waals surface area contributed by atoms with Gasteiger partial charge < -0.3 is 11.1 Å². The van der Waals surface area contributed by atoms with E-state index in [0.29, 0.717) is 30.9 Å². The van der Waals surface area contributed by atoms with Crippen molar-refractivity contribution in [2.45, 2.75) is 32.7 Å². The number of carbonyl (C=O) groups excluding carboxylic acids is 1. The van der Waals surface area contributed by atoms with Gasteiger partial charge in [-0.25, -0.2) is 4.39 Å². The number of halogens is 2. The van der Waals surface area contributed by atoms with Crippen LogP contribution in [0.2, 0.25) is 0 Å². The van der Waals surface area contributed by atoms with E-state index in [4.69, 9.17) is 5.73 Å². The van der Waals surface area contributed by atoms with E-state index in [2.05, 4.69) is 5.32 Å². The van der Waals surface area contributed by atoms with Gasteiger partial charge in [-0.1, -0.05) is 32.0 Å². The van der Waals surface area contributed by atoms with Crippen LogP contribution in [0.5, 0.6) is 0 Å². The summed E-state index contributed by atoms with van der Waals surface area (Å²) in [5.74, 6) is -0.0180. The van der Waals surface area contributed by atoms with E-state index in [0.717, 1.165) is 0 Å². The Bertz CT molecular complexity index is 399. The second-order valence-corrected chi connectivity index (χ2v) is 4.87. The maximum absolute atomic E-state index is 13.3. The van der Waals surface area contributed by atoms with Crippen LogP contribution in [0.25, 0.3) is 0 Å². The molecule has 108 valence electrons. The first-order valence-corrected chi connectivity index (χ1v) is 6.27. The molecule has 0 aliphatic heterocycles. The molecule has 0 heterocycles. The minimum absolute atomic E-state index is 0. The monoisotopic (exact) mass is 288 g/mol. The summed E-state index contributed by atoms with van der Waals surface area (Å²) in [6.07, 6.45) is 1.14. The molecule has 0 aliphatic carbocycles. The Labute approximate surface area is 120 Å². The predicted molar refractivity (Wildman–Crippen MR) is 77.8 cm³/mol. The Morgan fingerprint density at radius 1 is 1.37 bits per heavy atom. The molecule has 0 fully saturated rings. The van der Waals surface area contributed by atoms with Crippen LogP contribution in [-0.4, -0.2) is 18.5 Å². The number of benzene rings is 1. The quantitative estimate of drug-likeness (QED) is 0.844. The van der Waals surface area contributed by atoms with Crippen LogP contribution in [0.3, 0.4) is 0 Å². The fourth-order valence-electron chi connectivity index (χ4n) is 1.77. The molecule has 1 rings (SSSR count). The lowest BCUT2D eigenvalue weighted by Gasteiger charge is -2.14.